The topological polar surface area (TPSA) is 98.5 Å². The van der Waals surface area contributed by atoms with Gasteiger partial charge < -0.3 is 14.5 Å². The molecule has 0 aliphatic heterocycles. The molecule has 9 heteroatoms. The molecular weight excluding hydrogens is 428 g/mol. The lowest BCUT2D eigenvalue weighted by molar-refractivity contribution is 0.0595. The van der Waals surface area contributed by atoms with Gasteiger partial charge in [0.1, 0.15) is 10.7 Å². The van der Waals surface area contributed by atoms with Crippen molar-refractivity contribution in [3.05, 3.63) is 62.5 Å². The summed E-state index contributed by atoms with van der Waals surface area (Å²) in [5.41, 5.74) is 2.11. The van der Waals surface area contributed by atoms with E-state index in [1.54, 1.807) is 25.1 Å². The Balaban J connectivity index is 2.13. The summed E-state index contributed by atoms with van der Waals surface area (Å²) in [6.45, 7) is 5.48. The lowest BCUT2D eigenvalue weighted by Crippen LogP contribution is -2.15. The number of halogens is 1. The van der Waals surface area contributed by atoms with Crippen LogP contribution in [0.4, 0.5) is 5.69 Å². The first kappa shape index (κ1) is 22.0. The highest BCUT2D eigenvalue weighted by Crippen LogP contribution is 2.30. The predicted octanol–water partition coefficient (Wildman–Crippen LogP) is 4.24. The van der Waals surface area contributed by atoms with E-state index in [2.05, 4.69) is 10.3 Å². The van der Waals surface area contributed by atoms with Gasteiger partial charge in [-0.2, -0.15) is 0 Å². The Kier molecular flexibility index (Phi) is 6.58. The van der Waals surface area contributed by atoms with E-state index in [-0.39, 0.29) is 27.4 Å². The fourth-order valence-electron chi connectivity index (χ4n) is 3.10. The van der Waals surface area contributed by atoms with Gasteiger partial charge in [-0.25, -0.2) is 9.78 Å². The fraction of sp³-hybridized carbons (Fsp3) is 0.286. The highest BCUT2D eigenvalue weighted by molar-refractivity contribution is 7.84. The summed E-state index contributed by atoms with van der Waals surface area (Å²) < 4.78 is 22.9. The van der Waals surface area contributed by atoms with Gasteiger partial charge in [-0.15, -0.1) is 0 Å². The van der Waals surface area contributed by atoms with Crippen molar-refractivity contribution in [2.45, 2.75) is 31.9 Å². The summed E-state index contributed by atoms with van der Waals surface area (Å²) in [7, 11) is -0.148. The molecule has 3 rings (SSSR count). The van der Waals surface area contributed by atoms with Crippen molar-refractivity contribution >= 4 is 45.0 Å². The Morgan fingerprint density at radius 2 is 2.07 bits per heavy atom. The van der Waals surface area contributed by atoms with E-state index in [9.17, 15) is 13.8 Å². The van der Waals surface area contributed by atoms with Crippen molar-refractivity contribution in [3.8, 4) is 0 Å². The number of esters is 1. The van der Waals surface area contributed by atoms with E-state index in [4.69, 9.17) is 20.8 Å². The highest BCUT2D eigenvalue weighted by atomic mass is 35.5. The number of rotatable bonds is 6. The number of methoxy groups -OCH3 is 1. The number of aromatic nitrogens is 1. The molecular formula is C21H21ClN2O5S. The van der Waals surface area contributed by atoms with Gasteiger partial charge in [-0.1, -0.05) is 24.6 Å². The summed E-state index contributed by atoms with van der Waals surface area (Å²) >= 11 is 5.92. The number of nitrogens with zero attached hydrogens (tertiary/aromatic N) is 1. The van der Waals surface area contributed by atoms with Gasteiger partial charge in [0.05, 0.1) is 35.0 Å². The molecule has 0 aliphatic carbocycles. The Bertz CT molecular complexity index is 1210. The maximum Gasteiger partial charge on any atom is 0.358 e. The smallest absolute Gasteiger partial charge is 0.358 e. The van der Waals surface area contributed by atoms with Crippen LogP contribution in [0.5, 0.6) is 0 Å². The Morgan fingerprint density at radius 1 is 1.33 bits per heavy atom. The van der Waals surface area contributed by atoms with Crippen LogP contribution in [-0.2, 0) is 15.5 Å². The zero-order valence-corrected chi connectivity index (χ0v) is 18.5. The average molecular weight is 449 g/mol. The first-order valence-electron chi connectivity index (χ1n) is 9.23. The van der Waals surface area contributed by atoms with Crippen LogP contribution in [0.3, 0.4) is 0 Å². The van der Waals surface area contributed by atoms with Crippen LogP contribution in [0.2, 0.25) is 5.15 Å². The van der Waals surface area contributed by atoms with E-state index < -0.39 is 16.8 Å². The third-order valence-electron chi connectivity index (χ3n) is 4.54. The van der Waals surface area contributed by atoms with Crippen LogP contribution in [0, 0.1) is 6.92 Å². The number of carbonyl (C=O) groups is 1. The molecule has 3 aromatic rings. The van der Waals surface area contributed by atoms with Crippen LogP contribution in [0.1, 0.15) is 41.5 Å². The number of fused-ring (bicyclic) bond motifs is 1. The van der Waals surface area contributed by atoms with Gasteiger partial charge in [0.2, 0.25) is 0 Å². The molecule has 0 saturated heterocycles. The van der Waals surface area contributed by atoms with E-state index in [1.165, 1.54) is 13.2 Å². The monoisotopic (exact) mass is 448 g/mol. The number of benzene rings is 1. The van der Waals surface area contributed by atoms with Crippen LogP contribution < -0.4 is 10.7 Å². The number of pyridine rings is 1. The van der Waals surface area contributed by atoms with Gasteiger partial charge in [0.15, 0.2) is 16.2 Å². The third-order valence-corrected chi connectivity index (χ3v) is 5.93. The second kappa shape index (κ2) is 8.97. The first-order chi connectivity index (χ1) is 14.2. The molecule has 0 bridgehead atoms. The summed E-state index contributed by atoms with van der Waals surface area (Å²) in [6.07, 6.45) is 0. The molecule has 158 valence electrons. The largest absolute Gasteiger partial charge is 0.464 e. The number of ether oxygens (including phenoxy) is 1. The molecule has 0 radical (unpaired) electrons. The number of aryl methyl sites for hydroxylation is 1. The summed E-state index contributed by atoms with van der Waals surface area (Å²) in [5.74, 6) is -0.295. The normalized spacial score (nSPS) is 13.1. The maximum atomic E-state index is 12.6. The number of hydrogen-bond acceptors (Lipinski definition) is 7. The van der Waals surface area contributed by atoms with Crippen LogP contribution in [0.15, 0.2) is 44.6 Å². The number of carbonyl (C=O) groups excluding carboxylic acids is 1. The standard InChI is InChI=1S/C21H21ClN2O5S/c1-5-30(27)18-10-16(25)14-9-11(2)8-13(20(14)29-18)12(3)23-15-6-7-17(22)24-19(15)21(26)28-4/h6-10,12,23H,5H2,1-4H3. The molecule has 0 saturated carbocycles. The second-order valence-electron chi connectivity index (χ2n) is 6.68. The Labute approximate surface area is 180 Å². The fourth-order valence-corrected chi connectivity index (χ4v) is 3.95. The molecule has 2 heterocycles. The lowest BCUT2D eigenvalue weighted by atomic mass is 10.0. The first-order valence-corrected chi connectivity index (χ1v) is 10.9. The number of nitrogens with one attached hydrogen (secondary N) is 1. The average Bonchev–Trinajstić information content (AvgIpc) is 2.73. The van der Waals surface area contributed by atoms with Crippen LogP contribution in [0.25, 0.3) is 11.0 Å². The summed E-state index contributed by atoms with van der Waals surface area (Å²) in [5, 5.41) is 3.91. The predicted molar refractivity (Wildman–Crippen MR) is 117 cm³/mol. The van der Waals surface area contributed by atoms with Gasteiger partial charge in [-0.05, 0) is 37.6 Å². The third kappa shape index (κ3) is 4.39. The molecule has 1 N–H and O–H groups in total. The van der Waals surface area contributed by atoms with E-state index >= 15 is 0 Å². The molecule has 1 aromatic carbocycles. The number of anilines is 1. The molecule has 0 fully saturated rings. The van der Waals surface area contributed by atoms with Crippen molar-refractivity contribution < 1.29 is 18.2 Å². The van der Waals surface area contributed by atoms with Crippen molar-refractivity contribution in [1.82, 2.24) is 4.98 Å². The molecule has 7 nitrogen and oxygen atoms in total. The molecule has 0 amide bonds. The lowest BCUT2D eigenvalue weighted by Gasteiger charge is -2.19. The van der Waals surface area contributed by atoms with Crippen LogP contribution in [-0.4, -0.2) is 28.0 Å². The molecule has 2 atom stereocenters. The van der Waals surface area contributed by atoms with Crippen LogP contribution >= 0.6 is 11.6 Å². The van der Waals surface area contributed by atoms with Crippen molar-refractivity contribution in [2.75, 3.05) is 18.2 Å². The molecule has 0 aliphatic rings. The van der Waals surface area contributed by atoms with Gasteiger partial charge in [-0.3, -0.25) is 9.00 Å². The van der Waals surface area contributed by atoms with E-state index in [0.717, 1.165) is 5.56 Å². The van der Waals surface area contributed by atoms with E-state index in [1.807, 2.05) is 19.9 Å². The van der Waals surface area contributed by atoms with E-state index in [0.29, 0.717) is 28.0 Å². The molecule has 2 aromatic heterocycles. The SMILES string of the molecule is CCS(=O)c1cc(=O)c2cc(C)cc(C(C)Nc3ccc(Cl)nc3C(=O)OC)c2o1. The second-order valence-corrected chi connectivity index (χ2v) is 8.74. The van der Waals surface area contributed by atoms with Crippen molar-refractivity contribution in [1.29, 1.82) is 0 Å². The minimum Gasteiger partial charge on any atom is -0.464 e. The summed E-state index contributed by atoms with van der Waals surface area (Å²) in [6, 6.07) is 7.70. The Morgan fingerprint density at radius 3 is 2.73 bits per heavy atom. The number of hydrogen-bond donors (Lipinski definition) is 1. The minimum absolute atomic E-state index is 0.0445. The van der Waals surface area contributed by atoms with Crippen molar-refractivity contribution in [3.63, 3.8) is 0 Å². The van der Waals surface area contributed by atoms with Gasteiger partial charge in [0.25, 0.3) is 0 Å². The molecule has 2 unspecified atom stereocenters. The molecule has 30 heavy (non-hydrogen) atoms. The van der Waals surface area contributed by atoms with Gasteiger partial charge in [0, 0.05) is 17.4 Å². The van der Waals surface area contributed by atoms with Gasteiger partial charge >= 0.3 is 5.97 Å². The Hall–Kier alpha value is -2.71. The minimum atomic E-state index is -1.41. The maximum absolute atomic E-state index is 12.6. The molecule has 0 spiro atoms. The zero-order chi connectivity index (χ0) is 22.0. The highest BCUT2D eigenvalue weighted by Gasteiger charge is 2.20. The zero-order valence-electron chi connectivity index (χ0n) is 16.9. The summed E-state index contributed by atoms with van der Waals surface area (Å²) in [4.78, 5) is 28.8. The van der Waals surface area contributed by atoms with Crippen molar-refractivity contribution in [2.24, 2.45) is 0 Å². The quantitative estimate of drug-likeness (QED) is 0.444.